The zero-order chi connectivity index (χ0) is 14.8. The van der Waals surface area contributed by atoms with Gasteiger partial charge >= 0.3 is 0 Å². The van der Waals surface area contributed by atoms with Crippen molar-refractivity contribution in [3.63, 3.8) is 0 Å². The molecule has 2 heterocycles. The average molecular weight is 293 g/mol. The molecule has 3 aliphatic rings. The molecule has 120 valence electrons. The van der Waals surface area contributed by atoms with Crippen LogP contribution in [0.1, 0.15) is 51.9 Å². The molecule has 0 spiro atoms. The van der Waals surface area contributed by atoms with Crippen LogP contribution in [0.25, 0.3) is 0 Å². The normalized spacial score (nSPS) is 36.1. The van der Waals surface area contributed by atoms with Crippen LogP contribution in [0.4, 0.5) is 0 Å². The zero-order valence-electron chi connectivity index (χ0n) is 13.5. The first-order valence-corrected chi connectivity index (χ1v) is 8.93. The molecule has 4 heteroatoms. The Labute approximate surface area is 129 Å². The zero-order valence-corrected chi connectivity index (χ0v) is 13.5. The largest absolute Gasteiger partial charge is 0.341 e. The van der Waals surface area contributed by atoms with E-state index in [0.29, 0.717) is 23.9 Å². The van der Waals surface area contributed by atoms with Gasteiger partial charge in [-0.05, 0) is 51.0 Å². The first-order valence-electron chi connectivity index (χ1n) is 8.93. The lowest BCUT2D eigenvalue weighted by atomic mass is 9.78. The van der Waals surface area contributed by atoms with Gasteiger partial charge in [0.15, 0.2) is 0 Å². The second-order valence-corrected chi connectivity index (χ2v) is 7.45. The SMILES string of the molecule is CC(C(=O)N1CCCN2CCCC2C1)C1CCCC(N)C1. The second-order valence-electron chi connectivity index (χ2n) is 7.45. The van der Waals surface area contributed by atoms with E-state index in [4.69, 9.17) is 5.73 Å². The molecule has 3 fully saturated rings. The fraction of sp³-hybridized carbons (Fsp3) is 0.941. The predicted octanol–water partition coefficient (Wildman–Crippen LogP) is 1.84. The molecule has 0 aromatic carbocycles. The third kappa shape index (κ3) is 3.42. The van der Waals surface area contributed by atoms with E-state index in [9.17, 15) is 4.79 Å². The molecule has 2 N–H and O–H groups in total. The van der Waals surface area contributed by atoms with Crippen molar-refractivity contribution in [2.75, 3.05) is 26.2 Å². The summed E-state index contributed by atoms with van der Waals surface area (Å²) in [6, 6.07) is 0.936. The molecule has 4 unspecified atom stereocenters. The highest BCUT2D eigenvalue weighted by Gasteiger charge is 2.35. The van der Waals surface area contributed by atoms with Crippen LogP contribution in [-0.4, -0.2) is 54.0 Å². The van der Waals surface area contributed by atoms with Crippen LogP contribution >= 0.6 is 0 Å². The van der Waals surface area contributed by atoms with Gasteiger partial charge in [0.25, 0.3) is 0 Å². The lowest BCUT2D eigenvalue weighted by molar-refractivity contribution is -0.137. The van der Waals surface area contributed by atoms with E-state index in [2.05, 4.69) is 16.7 Å². The lowest BCUT2D eigenvalue weighted by Crippen LogP contribution is -2.44. The van der Waals surface area contributed by atoms with Gasteiger partial charge in [0.2, 0.25) is 5.91 Å². The second kappa shape index (κ2) is 6.66. The highest BCUT2D eigenvalue weighted by molar-refractivity contribution is 5.79. The number of hydrogen-bond donors (Lipinski definition) is 1. The molecule has 4 atom stereocenters. The molecule has 2 saturated heterocycles. The van der Waals surface area contributed by atoms with Gasteiger partial charge in [-0.25, -0.2) is 0 Å². The van der Waals surface area contributed by atoms with E-state index in [1.165, 1.54) is 38.8 Å². The summed E-state index contributed by atoms with van der Waals surface area (Å²) in [5.74, 6) is 1.05. The van der Waals surface area contributed by atoms with Crippen molar-refractivity contribution < 1.29 is 4.79 Å². The van der Waals surface area contributed by atoms with Gasteiger partial charge < -0.3 is 10.6 Å². The first-order chi connectivity index (χ1) is 10.1. The first kappa shape index (κ1) is 15.3. The summed E-state index contributed by atoms with van der Waals surface area (Å²) in [7, 11) is 0. The van der Waals surface area contributed by atoms with E-state index in [1.54, 1.807) is 0 Å². The highest BCUT2D eigenvalue weighted by atomic mass is 16.2. The van der Waals surface area contributed by atoms with Crippen molar-refractivity contribution in [1.82, 2.24) is 9.80 Å². The van der Waals surface area contributed by atoms with E-state index in [0.717, 1.165) is 32.4 Å². The summed E-state index contributed by atoms with van der Waals surface area (Å²) in [6.45, 7) is 6.47. The highest BCUT2D eigenvalue weighted by Crippen LogP contribution is 2.31. The fourth-order valence-electron chi connectivity index (χ4n) is 4.62. The summed E-state index contributed by atoms with van der Waals surface area (Å²) in [6.07, 6.45) is 8.27. The minimum Gasteiger partial charge on any atom is -0.341 e. The van der Waals surface area contributed by atoms with E-state index < -0.39 is 0 Å². The van der Waals surface area contributed by atoms with Gasteiger partial charge in [-0.3, -0.25) is 9.69 Å². The van der Waals surface area contributed by atoms with Gasteiger partial charge in [-0.2, -0.15) is 0 Å². The molecular formula is C17H31N3O. The van der Waals surface area contributed by atoms with Crippen LogP contribution in [0.3, 0.4) is 0 Å². The average Bonchev–Trinajstić information content (AvgIpc) is 2.83. The Bertz CT molecular complexity index is 373. The number of carbonyl (C=O) groups excluding carboxylic acids is 1. The third-order valence-corrected chi connectivity index (χ3v) is 5.97. The van der Waals surface area contributed by atoms with E-state index in [-0.39, 0.29) is 5.92 Å². The van der Waals surface area contributed by atoms with Crippen LogP contribution < -0.4 is 5.73 Å². The Hall–Kier alpha value is -0.610. The van der Waals surface area contributed by atoms with E-state index in [1.807, 2.05) is 0 Å². The summed E-state index contributed by atoms with van der Waals surface area (Å²) in [4.78, 5) is 17.7. The van der Waals surface area contributed by atoms with Crippen molar-refractivity contribution in [2.45, 2.75) is 64.0 Å². The number of nitrogens with zero attached hydrogens (tertiary/aromatic N) is 2. The number of rotatable bonds is 2. The Morgan fingerprint density at radius 2 is 1.90 bits per heavy atom. The molecule has 1 saturated carbocycles. The maximum atomic E-state index is 12.9. The summed E-state index contributed by atoms with van der Waals surface area (Å²) in [5.41, 5.74) is 6.11. The quantitative estimate of drug-likeness (QED) is 0.845. The minimum absolute atomic E-state index is 0.157. The molecule has 0 radical (unpaired) electrons. The number of fused-ring (bicyclic) bond motifs is 1. The topological polar surface area (TPSA) is 49.6 Å². The Balaban J connectivity index is 1.60. The molecule has 1 aliphatic carbocycles. The summed E-state index contributed by atoms with van der Waals surface area (Å²) in [5, 5.41) is 0. The molecule has 0 bridgehead atoms. The monoisotopic (exact) mass is 293 g/mol. The van der Waals surface area contributed by atoms with Crippen molar-refractivity contribution >= 4 is 5.91 Å². The van der Waals surface area contributed by atoms with Crippen LogP contribution in [-0.2, 0) is 4.79 Å². The van der Waals surface area contributed by atoms with Gasteiger partial charge in [-0.1, -0.05) is 13.3 Å². The van der Waals surface area contributed by atoms with Gasteiger partial charge in [0, 0.05) is 37.6 Å². The molecule has 21 heavy (non-hydrogen) atoms. The van der Waals surface area contributed by atoms with Crippen molar-refractivity contribution in [3.8, 4) is 0 Å². The third-order valence-electron chi connectivity index (χ3n) is 5.97. The smallest absolute Gasteiger partial charge is 0.225 e. The fourth-order valence-corrected chi connectivity index (χ4v) is 4.62. The molecule has 1 amide bonds. The molecule has 0 aromatic rings. The number of hydrogen-bond acceptors (Lipinski definition) is 3. The van der Waals surface area contributed by atoms with Crippen LogP contribution in [0.15, 0.2) is 0 Å². The standard InChI is InChI=1S/C17H31N3O/c1-13(14-5-2-6-15(18)11-14)17(21)20-10-4-9-19-8-3-7-16(19)12-20/h13-16H,2-12,18H2,1H3. The van der Waals surface area contributed by atoms with E-state index >= 15 is 0 Å². The van der Waals surface area contributed by atoms with Crippen LogP contribution in [0.5, 0.6) is 0 Å². The van der Waals surface area contributed by atoms with Crippen LogP contribution in [0, 0.1) is 11.8 Å². The molecule has 4 nitrogen and oxygen atoms in total. The molecule has 3 rings (SSSR count). The van der Waals surface area contributed by atoms with Crippen molar-refractivity contribution in [1.29, 1.82) is 0 Å². The van der Waals surface area contributed by atoms with Crippen LogP contribution in [0.2, 0.25) is 0 Å². The Morgan fingerprint density at radius 1 is 1.10 bits per heavy atom. The number of carbonyl (C=O) groups is 1. The maximum Gasteiger partial charge on any atom is 0.225 e. The molecular weight excluding hydrogens is 262 g/mol. The number of nitrogens with two attached hydrogens (primary N) is 1. The minimum atomic E-state index is 0.157. The predicted molar refractivity (Wildman–Crippen MR) is 84.9 cm³/mol. The van der Waals surface area contributed by atoms with Gasteiger partial charge in [-0.15, -0.1) is 0 Å². The number of amides is 1. The maximum absolute atomic E-state index is 12.9. The van der Waals surface area contributed by atoms with Crippen molar-refractivity contribution in [3.05, 3.63) is 0 Å². The Morgan fingerprint density at radius 3 is 2.71 bits per heavy atom. The molecule has 0 aromatic heterocycles. The summed E-state index contributed by atoms with van der Waals surface area (Å²) >= 11 is 0. The lowest BCUT2D eigenvalue weighted by Gasteiger charge is -2.34. The Kier molecular flexibility index (Phi) is 4.85. The summed E-state index contributed by atoms with van der Waals surface area (Å²) < 4.78 is 0. The van der Waals surface area contributed by atoms with Gasteiger partial charge in [0.05, 0.1) is 0 Å². The molecule has 2 aliphatic heterocycles. The van der Waals surface area contributed by atoms with Gasteiger partial charge in [0.1, 0.15) is 0 Å². The van der Waals surface area contributed by atoms with Crippen molar-refractivity contribution in [2.24, 2.45) is 17.6 Å².